The van der Waals surface area contributed by atoms with E-state index in [2.05, 4.69) is 11.4 Å². The number of benzene rings is 1. The Morgan fingerprint density at radius 2 is 1.75 bits per heavy atom. The van der Waals surface area contributed by atoms with Gasteiger partial charge in [-0.25, -0.2) is 0 Å². The van der Waals surface area contributed by atoms with Crippen molar-refractivity contribution in [3.8, 4) is 0 Å². The average molecular weight is 230 g/mol. The lowest BCUT2D eigenvalue weighted by Crippen LogP contribution is -2.04. The second-order valence-corrected chi connectivity index (χ2v) is 3.43. The maximum Gasteiger partial charge on any atom is 0.416 e. The fraction of sp³-hybridized carbons (Fsp3) is 0.364. The molecule has 0 fully saturated rings. The van der Waals surface area contributed by atoms with E-state index in [0.29, 0.717) is 5.56 Å². The monoisotopic (exact) mass is 230 g/mol. The number of halogens is 3. The molecule has 0 heterocycles. The molecule has 0 aliphatic rings. The molecular weight excluding hydrogens is 219 g/mol. The van der Waals surface area contributed by atoms with Crippen LogP contribution in [0.1, 0.15) is 25.0 Å². The molecule has 16 heavy (non-hydrogen) atoms. The molecule has 0 aromatic heterocycles. The molecule has 87 valence electrons. The molecule has 1 radical (unpaired) electrons. The van der Waals surface area contributed by atoms with E-state index >= 15 is 0 Å². The Morgan fingerprint density at radius 1 is 1.19 bits per heavy atom. The summed E-state index contributed by atoms with van der Waals surface area (Å²) >= 11 is 0. The summed E-state index contributed by atoms with van der Waals surface area (Å²) in [6.45, 7) is 3.58. The first-order chi connectivity index (χ1) is 7.39. The van der Waals surface area contributed by atoms with Crippen LogP contribution in [0.3, 0.4) is 0 Å². The molecule has 0 aliphatic heterocycles. The molecule has 0 N–H and O–H groups in total. The predicted octanol–water partition coefficient (Wildman–Crippen LogP) is 3.34. The third-order valence-electron chi connectivity index (χ3n) is 1.65. The Morgan fingerprint density at radius 3 is 2.19 bits per heavy atom. The lowest BCUT2D eigenvalue weighted by Gasteiger charge is -2.05. The van der Waals surface area contributed by atoms with Crippen molar-refractivity contribution in [1.82, 2.24) is 0 Å². The highest BCUT2D eigenvalue weighted by Crippen LogP contribution is 2.28. The molecule has 1 rings (SSSR count). The van der Waals surface area contributed by atoms with Crippen molar-refractivity contribution in [2.45, 2.75) is 26.1 Å². The second-order valence-electron chi connectivity index (χ2n) is 3.43. The first-order valence-electron chi connectivity index (χ1n) is 4.68. The van der Waals surface area contributed by atoms with Crippen LogP contribution in [0.15, 0.2) is 29.4 Å². The summed E-state index contributed by atoms with van der Waals surface area (Å²) in [5.74, 6) is 0. The van der Waals surface area contributed by atoms with Gasteiger partial charge in [0, 0.05) is 5.56 Å². The minimum Gasteiger partial charge on any atom is -0.393 e. The molecule has 0 saturated carbocycles. The quantitative estimate of drug-likeness (QED) is 0.576. The Bertz CT molecular complexity index is 354. The summed E-state index contributed by atoms with van der Waals surface area (Å²) < 4.78 is 36.6. The molecule has 0 saturated heterocycles. The van der Waals surface area contributed by atoms with E-state index in [1.165, 1.54) is 12.1 Å². The summed E-state index contributed by atoms with van der Waals surface area (Å²) in [6, 6.07) is 4.53. The highest BCUT2D eigenvalue weighted by molar-refractivity contribution is 5.79. The molecule has 2 nitrogen and oxygen atoms in total. The topological polar surface area (TPSA) is 21.6 Å². The van der Waals surface area contributed by atoms with Crippen molar-refractivity contribution in [1.29, 1.82) is 0 Å². The fourth-order valence-corrected chi connectivity index (χ4v) is 0.918. The maximum absolute atomic E-state index is 12.2. The first-order valence-corrected chi connectivity index (χ1v) is 4.68. The first kappa shape index (κ1) is 12.5. The summed E-state index contributed by atoms with van der Waals surface area (Å²) in [5.41, 5.74) is -0.253. The normalized spacial score (nSPS) is 12.4. The minimum atomic E-state index is -4.32. The van der Waals surface area contributed by atoms with Gasteiger partial charge in [0.15, 0.2) is 0 Å². The highest BCUT2D eigenvalue weighted by Gasteiger charge is 2.29. The van der Waals surface area contributed by atoms with E-state index in [9.17, 15) is 13.2 Å². The molecule has 5 heteroatoms. The zero-order chi connectivity index (χ0) is 12.2. The average Bonchev–Trinajstić information content (AvgIpc) is 2.16. The number of hydrogen-bond donors (Lipinski definition) is 0. The number of rotatable bonds is 3. The van der Waals surface area contributed by atoms with Crippen LogP contribution in [-0.2, 0) is 11.0 Å². The third-order valence-corrected chi connectivity index (χ3v) is 1.65. The molecule has 1 aromatic carbocycles. The number of nitrogens with zero attached hydrogens (tertiary/aromatic N) is 1. The van der Waals surface area contributed by atoms with Gasteiger partial charge in [0.25, 0.3) is 0 Å². The minimum absolute atomic E-state index is 0.0815. The fourth-order valence-electron chi connectivity index (χ4n) is 0.918. The van der Waals surface area contributed by atoms with Crippen molar-refractivity contribution in [3.05, 3.63) is 35.4 Å². The van der Waals surface area contributed by atoms with Crippen LogP contribution < -0.4 is 0 Å². The van der Waals surface area contributed by atoms with Gasteiger partial charge in [-0.15, -0.1) is 0 Å². The van der Waals surface area contributed by atoms with E-state index in [-0.39, 0.29) is 6.10 Å². The molecule has 0 spiro atoms. The van der Waals surface area contributed by atoms with Crippen LogP contribution in [0.2, 0.25) is 0 Å². The molecule has 0 amide bonds. The molecular formula is C11H11F3NO. The van der Waals surface area contributed by atoms with Crippen molar-refractivity contribution < 1.29 is 18.0 Å². The third kappa shape index (κ3) is 3.92. The molecule has 0 bridgehead atoms. The van der Waals surface area contributed by atoms with E-state index < -0.39 is 11.7 Å². The maximum atomic E-state index is 12.2. The second kappa shape index (κ2) is 5.01. The Hall–Kier alpha value is -1.52. The summed E-state index contributed by atoms with van der Waals surface area (Å²) in [5, 5.41) is 3.50. The Kier molecular flexibility index (Phi) is 3.93. The van der Waals surface area contributed by atoms with Crippen molar-refractivity contribution in [2.75, 3.05) is 0 Å². The van der Waals surface area contributed by atoms with Crippen LogP contribution in [0.4, 0.5) is 13.2 Å². The van der Waals surface area contributed by atoms with Crippen LogP contribution in [-0.4, -0.2) is 12.3 Å². The number of alkyl halides is 3. The van der Waals surface area contributed by atoms with Crippen LogP contribution in [0.25, 0.3) is 0 Å². The van der Waals surface area contributed by atoms with Crippen molar-refractivity contribution in [3.63, 3.8) is 0 Å². The van der Waals surface area contributed by atoms with Gasteiger partial charge in [0.1, 0.15) is 12.3 Å². The van der Waals surface area contributed by atoms with Gasteiger partial charge in [0.05, 0.1) is 5.56 Å². The SMILES string of the molecule is CC(C)O/N=[C]/c1ccc(C(F)(F)F)cc1. The lowest BCUT2D eigenvalue weighted by atomic mass is 10.1. The lowest BCUT2D eigenvalue weighted by molar-refractivity contribution is -0.137. The zero-order valence-corrected chi connectivity index (χ0v) is 8.88. The van der Waals surface area contributed by atoms with Gasteiger partial charge in [-0.05, 0) is 26.0 Å². The molecule has 0 unspecified atom stereocenters. The van der Waals surface area contributed by atoms with Gasteiger partial charge in [-0.3, -0.25) is 0 Å². The van der Waals surface area contributed by atoms with Gasteiger partial charge in [0.2, 0.25) is 0 Å². The van der Waals surface area contributed by atoms with Gasteiger partial charge in [-0.1, -0.05) is 17.3 Å². The largest absolute Gasteiger partial charge is 0.416 e. The summed E-state index contributed by atoms with van der Waals surface area (Å²) in [4.78, 5) is 4.83. The highest BCUT2D eigenvalue weighted by atomic mass is 19.4. The Balaban J connectivity index is 2.69. The standard InChI is InChI=1S/C11H11F3NO/c1-8(2)16-15-7-9-3-5-10(6-4-9)11(12,13)14/h3-6,8H,1-2H3. The van der Waals surface area contributed by atoms with Crippen LogP contribution >= 0.6 is 0 Å². The molecule has 1 aromatic rings. The molecule has 0 aliphatic carbocycles. The van der Waals surface area contributed by atoms with E-state index in [0.717, 1.165) is 12.1 Å². The van der Waals surface area contributed by atoms with Crippen molar-refractivity contribution in [2.24, 2.45) is 5.16 Å². The van der Waals surface area contributed by atoms with Crippen LogP contribution in [0.5, 0.6) is 0 Å². The van der Waals surface area contributed by atoms with E-state index in [4.69, 9.17) is 4.84 Å². The molecule has 0 atom stereocenters. The van der Waals surface area contributed by atoms with Gasteiger partial charge in [-0.2, -0.15) is 13.2 Å². The number of hydrogen-bond acceptors (Lipinski definition) is 2. The van der Waals surface area contributed by atoms with Crippen molar-refractivity contribution >= 4 is 6.21 Å². The van der Waals surface area contributed by atoms with Gasteiger partial charge < -0.3 is 4.84 Å². The summed E-state index contributed by atoms with van der Waals surface area (Å²) in [7, 11) is 0. The van der Waals surface area contributed by atoms with E-state index in [1.54, 1.807) is 13.8 Å². The Labute approximate surface area is 91.7 Å². The predicted molar refractivity (Wildman–Crippen MR) is 54.2 cm³/mol. The van der Waals surface area contributed by atoms with Crippen LogP contribution in [0, 0.1) is 0 Å². The summed E-state index contributed by atoms with van der Waals surface area (Å²) in [6.07, 6.45) is -1.91. The smallest absolute Gasteiger partial charge is 0.393 e. The van der Waals surface area contributed by atoms with Gasteiger partial charge >= 0.3 is 6.18 Å². The van der Waals surface area contributed by atoms with E-state index in [1.807, 2.05) is 0 Å². The zero-order valence-electron chi connectivity index (χ0n) is 8.88.